The van der Waals surface area contributed by atoms with Gasteiger partial charge in [-0.05, 0) is 47.7 Å². The van der Waals surface area contributed by atoms with Crippen LogP contribution in [-0.2, 0) is 6.42 Å². The van der Waals surface area contributed by atoms with Crippen LogP contribution >= 0.6 is 0 Å². The molecule has 2 fully saturated rings. The predicted molar refractivity (Wildman–Crippen MR) is 106 cm³/mol. The summed E-state index contributed by atoms with van der Waals surface area (Å²) in [7, 11) is 0. The van der Waals surface area contributed by atoms with Gasteiger partial charge in [-0.1, -0.05) is 18.6 Å². The molecule has 0 unspecified atom stereocenters. The lowest BCUT2D eigenvalue weighted by Crippen LogP contribution is -2.52. The molecule has 1 saturated heterocycles. The summed E-state index contributed by atoms with van der Waals surface area (Å²) in [4.78, 5) is 6.92. The molecule has 27 heavy (non-hydrogen) atoms. The van der Waals surface area contributed by atoms with Gasteiger partial charge in [0.2, 0.25) is 0 Å². The van der Waals surface area contributed by atoms with E-state index < -0.39 is 0 Å². The zero-order chi connectivity index (χ0) is 17.8. The van der Waals surface area contributed by atoms with E-state index in [0.29, 0.717) is 0 Å². The van der Waals surface area contributed by atoms with Crippen LogP contribution in [0.2, 0.25) is 0 Å². The molecule has 2 aromatic heterocycles. The Morgan fingerprint density at radius 2 is 1.89 bits per heavy atom. The number of hydrogen-bond donors (Lipinski definition) is 0. The number of likely N-dealkylation sites (tertiary alicyclic amines) is 1. The molecule has 138 valence electrons. The van der Waals surface area contributed by atoms with E-state index in [2.05, 4.69) is 50.8 Å². The van der Waals surface area contributed by atoms with Gasteiger partial charge in [0.25, 0.3) is 0 Å². The van der Waals surface area contributed by atoms with Crippen molar-refractivity contribution in [3.8, 4) is 16.9 Å². The average Bonchev–Trinajstić information content (AvgIpc) is 3.25. The molecule has 0 amide bonds. The van der Waals surface area contributed by atoms with Crippen molar-refractivity contribution in [1.82, 2.24) is 14.3 Å². The van der Waals surface area contributed by atoms with Crippen molar-refractivity contribution in [2.75, 3.05) is 13.1 Å². The van der Waals surface area contributed by atoms with Crippen LogP contribution in [-0.4, -0.2) is 39.0 Å². The largest absolute Gasteiger partial charge is 0.487 e. The van der Waals surface area contributed by atoms with Gasteiger partial charge in [0.05, 0.1) is 18.0 Å². The van der Waals surface area contributed by atoms with Gasteiger partial charge in [0.1, 0.15) is 11.4 Å². The molecule has 0 radical (unpaired) electrons. The summed E-state index contributed by atoms with van der Waals surface area (Å²) in [6, 6.07) is 11.9. The zero-order valence-electron chi connectivity index (χ0n) is 15.6. The molecule has 2 aliphatic heterocycles. The van der Waals surface area contributed by atoms with Crippen LogP contribution in [0, 0.1) is 0 Å². The molecule has 1 aliphatic carbocycles. The minimum Gasteiger partial charge on any atom is -0.487 e. The number of piperidine rings is 1. The maximum Gasteiger partial charge on any atom is 0.123 e. The van der Waals surface area contributed by atoms with E-state index in [1.54, 1.807) is 0 Å². The van der Waals surface area contributed by atoms with Gasteiger partial charge >= 0.3 is 0 Å². The van der Waals surface area contributed by atoms with Crippen molar-refractivity contribution < 1.29 is 4.74 Å². The van der Waals surface area contributed by atoms with Crippen molar-refractivity contribution in [2.24, 2.45) is 0 Å². The Kier molecular flexibility index (Phi) is 3.39. The lowest BCUT2D eigenvalue weighted by molar-refractivity contribution is -0.00746. The summed E-state index contributed by atoms with van der Waals surface area (Å²) in [5.74, 6) is 1.10. The molecular formula is C23H25N3O. The number of benzene rings is 1. The molecule has 0 bridgehead atoms. The Hall–Kier alpha value is -2.33. The summed E-state index contributed by atoms with van der Waals surface area (Å²) in [5.41, 5.74) is 5.02. The van der Waals surface area contributed by atoms with E-state index in [-0.39, 0.29) is 5.60 Å². The third kappa shape index (κ3) is 2.58. The van der Waals surface area contributed by atoms with Crippen LogP contribution in [0.4, 0.5) is 0 Å². The van der Waals surface area contributed by atoms with Crippen molar-refractivity contribution >= 4 is 5.52 Å². The minimum atomic E-state index is 0.0372. The Labute approximate surface area is 159 Å². The predicted octanol–water partition coefficient (Wildman–Crippen LogP) is 4.32. The number of rotatable bonds is 2. The van der Waals surface area contributed by atoms with E-state index >= 15 is 0 Å². The van der Waals surface area contributed by atoms with E-state index in [1.165, 1.54) is 49.0 Å². The monoisotopic (exact) mass is 359 g/mol. The molecular weight excluding hydrogens is 334 g/mol. The Morgan fingerprint density at radius 3 is 2.70 bits per heavy atom. The highest BCUT2D eigenvalue weighted by atomic mass is 16.5. The molecule has 3 aliphatic rings. The Morgan fingerprint density at radius 1 is 1.04 bits per heavy atom. The van der Waals surface area contributed by atoms with Crippen LogP contribution in [0.5, 0.6) is 5.75 Å². The average molecular weight is 359 g/mol. The van der Waals surface area contributed by atoms with Gasteiger partial charge in [-0.2, -0.15) is 0 Å². The number of aromatic nitrogens is 2. The van der Waals surface area contributed by atoms with Crippen molar-refractivity contribution in [1.29, 1.82) is 0 Å². The first-order valence-electron chi connectivity index (χ1n) is 10.3. The molecule has 4 heteroatoms. The second-order valence-corrected chi connectivity index (χ2v) is 8.55. The van der Waals surface area contributed by atoms with Crippen LogP contribution in [0.15, 0.2) is 49.1 Å². The minimum absolute atomic E-state index is 0.0372. The van der Waals surface area contributed by atoms with Gasteiger partial charge in [0.15, 0.2) is 0 Å². The molecule has 1 saturated carbocycles. The van der Waals surface area contributed by atoms with Crippen molar-refractivity contribution in [2.45, 2.75) is 50.2 Å². The quantitative estimate of drug-likeness (QED) is 0.682. The second kappa shape index (κ2) is 5.83. The third-order valence-electron chi connectivity index (χ3n) is 6.94. The number of fused-ring (bicyclic) bond motifs is 2. The number of nitrogens with zero attached hydrogens (tertiary/aromatic N) is 3. The summed E-state index contributed by atoms with van der Waals surface area (Å²) in [6.45, 7) is 2.39. The molecule has 0 atom stereocenters. The van der Waals surface area contributed by atoms with Gasteiger partial charge in [0, 0.05) is 44.6 Å². The molecule has 1 spiro atoms. The highest BCUT2D eigenvalue weighted by Crippen LogP contribution is 2.43. The van der Waals surface area contributed by atoms with Gasteiger partial charge in [-0.25, -0.2) is 4.98 Å². The lowest BCUT2D eigenvalue weighted by Gasteiger charge is -2.45. The maximum atomic E-state index is 6.52. The standard InChI is InChI=1S/C23H25N3O/c1-2-20(3-1)25-10-8-23(9-11-25)13-19-12-17(5-7-22(19)27-23)18-4-6-21-14-24-16-26(21)15-18/h4-7,12,14-16,20H,1-3,8-11,13H2. The zero-order valence-corrected chi connectivity index (χ0v) is 15.6. The fraction of sp³-hybridized carbons (Fsp3) is 0.435. The van der Waals surface area contributed by atoms with E-state index in [9.17, 15) is 0 Å². The SMILES string of the molecule is c1cc2c(cc1-c1ccc3cncn3c1)CC1(CCN(C3CCC3)CC1)O2. The summed E-state index contributed by atoms with van der Waals surface area (Å²) < 4.78 is 8.60. The van der Waals surface area contributed by atoms with Crippen LogP contribution in [0.1, 0.15) is 37.7 Å². The third-order valence-corrected chi connectivity index (χ3v) is 6.94. The van der Waals surface area contributed by atoms with E-state index in [1.807, 2.05) is 12.5 Å². The van der Waals surface area contributed by atoms with Gasteiger partial charge in [-0.3, -0.25) is 0 Å². The number of ether oxygens (including phenoxy) is 1. The number of pyridine rings is 1. The fourth-order valence-corrected chi connectivity index (χ4v) is 5.03. The van der Waals surface area contributed by atoms with Gasteiger partial charge in [-0.15, -0.1) is 0 Å². The smallest absolute Gasteiger partial charge is 0.123 e. The highest BCUT2D eigenvalue weighted by molar-refractivity contribution is 5.67. The first-order chi connectivity index (χ1) is 13.3. The fourth-order valence-electron chi connectivity index (χ4n) is 5.03. The highest BCUT2D eigenvalue weighted by Gasteiger charge is 2.43. The molecule has 3 aromatic rings. The maximum absolute atomic E-state index is 6.52. The van der Waals surface area contributed by atoms with Crippen molar-refractivity contribution in [3.63, 3.8) is 0 Å². The van der Waals surface area contributed by atoms with E-state index in [0.717, 1.165) is 36.6 Å². The van der Waals surface area contributed by atoms with Crippen LogP contribution in [0.3, 0.4) is 0 Å². The molecule has 1 aromatic carbocycles. The Bertz CT molecular complexity index is 996. The number of hydrogen-bond acceptors (Lipinski definition) is 3. The first kappa shape index (κ1) is 15.7. The Balaban J connectivity index is 1.24. The molecule has 4 nitrogen and oxygen atoms in total. The number of imidazole rings is 1. The topological polar surface area (TPSA) is 29.8 Å². The molecule has 0 N–H and O–H groups in total. The molecule has 6 rings (SSSR count). The van der Waals surface area contributed by atoms with E-state index in [4.69, 9.17) is 4.74 Å². The lowest BCUT2D eigenvalue weighted by atomic mass is 9.83. The summed E-state index contributed by atoms with van der Waals surface area (Å²) in [5, 5.41) is 0. The van der Waals surface area contributed by atoms with Crippen molar-refractivity contribution in [3.05, 3.63) is 54.6 Å². The molecule has 4 heterocycles. The summed E-state index contributed by atoms with van der Waals surface area (Å²) >= 11 is 0. The van der Waals surface area contributed by atoms with Gasteiger partial charge < -0.3 is 14.0 Å². The summed E-state index contributed by atoms with van der Waals surface area (Å²) in [6.07, 6.45) is 13.5. The van der Waals surface area contributed by atoms with Crippen LogP contribution in [0.25, 0.3) is 16.6 Å². The van der Waals surface area contributed by atoms with Crippen LogP contribution < -0.4 is 4.74 Å². The second-order valence-electron chi connectivity index (χ2n) is 8.55. The first-order valence-corrected chi connectivity index (χ1v) is 10.3. The normalized spacial score (nSPS) is 21.9.